The van der Waals surface area contributed by atoms with E-state index in [0.717, 1.165) is 25.8 Å². The zero-order valence-electron chi connectivity index (χ0n) is 10.4. The predicted octanol–water partition coefficient (Wildman–Crippen LogP) is 0.246. The number of amides is 2. The Balaban J connectivity index is 2.03. The molecule has 1 atom stereocenters. The molecule has 2 aliphatic rings. The summed E-state index contributed by atoms with van der Waals surface area (Å²) in [5, 5.41) is 0. The summed E-state index contributed by atoms with van der Waals surface area (Å²) in [5.74, 6) is 0.190. The van der Waals surface area contributed by atoms with Crippen molar-refractivity contribution in [2.24, 2.45) is 0 Å². The maximum Gasteiger partial charge on any atom is 0.248 e. The van der Waals surface area contributed by atoms with Gasteiger partial charge in [-0.2, -0.15) is 0 Å². The number of rotatable bonds is 2. The molecule has 0 saturated carbocycles. The van der Waals surface area contributed by atoms with Gasteiger partial charge in [-0.25, -0.2) is 0 Å². The van der Waals surface area contributed by atoms with Gasteiger partial charge in [0.15, 0.2) is 0 Å². The highest BCUT2D eigenvalue weighted by molar-refractivity contribution is 5.81. The number of ether oxygens (including phenoxy) is 1. The molecule has 2 fully saturated rings. The van der Waals surface area contributed by atoms with Crippen LogP contribution in [0.2, 0.25) is 0 Å². The van der Waals surface area contributed by atoms with E-state index in [4.69, 9.17) is 4.74 Å². The first kappa shape index (κ1) is 12.4. The van der Waals surface area contributed by atoms with Gasteiger partial charge in [-0.1, -0.05) is 0 Å². The normalized spacial score (nSPS) is 25.5. The Morgan fingerprint density at radius 2 is 2.24 bits per heavy atom. The lowest BCUT2D eigenvalue weighted by molar-refractivity contribution is -0.136. The fourth-order valence-electron chi connectivity index (χ4n) is 2.68. The summed E-state index contributed by atoms with van der Waals surface area (Å²) in [5.41, 5.74) is 0. The van der Waals surface area contributed by atoms with Crippen molar-refractivity contribution >= 4 is 11.8 Å². The number of methoxy groups -OCH3 is 1. The Hall–Kier alpha value is -1.10. The van der Waals surface area contributed by atoms with Crippen molar-refractivity contribution in [3.63, 3.8) is 0 Å². The van der Waals surface area contributed by atoms with Crippen LogP contribution in [0.1, 0.15) is 25.7 Å². The molecule has 0 aromatic rings. The molecular formula is C12H20N2O3. The molecule has 1 unspecified atom stereocenters. The second-order valence-electron chi connectivity index (χ2n) is 4.76. The maximum absolute atomic E-state index is 11.9. The number of hydrogen-bond donors (Lipinski definition) is 0. The van der Waals surface area contributed by atoms with Crippen molar-refractivity contribution in [2.45, 2.75) is 31.7 Å². The number of piperidine rings is 1. The van der Waals surface area contributed by atoms with Crippen LogP contribution in [-0.2, 0) is 14.3 Å². The maximum atomic E-state index is 11.9. The van der Waals surface area contributed by atoms with Crippen LogP contribution in [0.3, 0.4) is 0 Å². The molecule has 2 amide bonds. The molecule has 96 valence electrons. The number of carbonyl (C=O) groups excluding carboxylic acids is 2. The van der Waals surface area contributed by atoms with Gasteiger partial charge in [-0.05, 0) is 19.3 Å². The molecular weight excluding hydrogens is 220 g/mol. The Morgan fingerprint density at radius 3 is 3.00 bits per heavy atom. The van der Waals surface area contributed by atoms with Crippen LogP contribution in [-0.4, -0.2) is 61.0 Å². The largest absolute Gasteiger partial charge is 0.375 e. The van der Waals surface area contributed by atoms with Crippen LogP contribution < -0.4 is 0 Å². The lowest BCUT2D eigenvalue weighted by Gasteiger charge is -2.35. The highest BCUT2D eigenvalue weighted by Crippen LogP contribution is 2.21. The average Bonchev–Trinajstić information content (AvgIpc) is 2.50. The van der Waals surface area contributed by atoms with Crippen LogP contribution in [0.4, 0.5) is 0 Å². The summed E-state index contributed by atoms with van der Waals surface area (Å²) in [6.45, 7) is 2.18. The Labute approximate surface area is 102 Å². The fraction of sp³-hybridized carbons (Fsp3) is 0.833. The number of hydrogen-bond acceptors (Lipinski definition) is 3. The molecule has 0 aliphatic carbocycles. The molecule has 2 aliphatic heterocycles. The standard InChI is InChI=1S/C12H20N2O3/c1-17-9-12(16)13-7-5-11(15)14-6-3-2-4-10(14)8-13/h10H,2-9H2,1H3. The number of carbonyl (C=O) groups is 2. The second-order valence-corrected chi connectivity index (χ2v) is 4.76. The molecule has 5 heteroatoms. The molecule has 0 aromatic heterocycles. The SMILES string of the molecule is COCC(=O)N1CCC(=O)N2CCCCC2C1. The van der Waals surface area contributed by atoms with Gasteiger partial charge in [0.25, 0.3) is 0 Å². The molecule has 0 radical (unpaired) electrons. The number of nitrogens with zero attached hydrogens (tertiary/aromatic N) is 2. The van der Waals surface area contributed by atoms with Crippen LogP contribution >= 0.6 is 0 Å². The highest BCUT2D eigenvalue weighted by Gasteiger charge is 2.32. The highest BCUT2D eigenvalue weighted by atomic mass is 16.5. The second kappa shape index (κ2) is 5.49. The molecule has 2 heterocycles. The van der Waals surface area contributed by atoms with Gasteiger partial charge in [-0.3, -0.25) is 9.59 Å². The molecule has 17 heavy (non-hydrogen) atoms. The summed E-state index contributed by atoms with van der Waals surface area (Å²) < 4.78 is 4.87. The van der Waals surface area contributed by atoms with E-state index in [1.54, 1.807) is 4.90 Å². The van der Waals surface area contributed by atoms with Gasteiger partial charge in [0.2, 0.25) is 11.8 Å². The van der Waals surface area contributed by atoms with Gasteiger partial charge in [0, 0.05) is 39.2 Å². The van der Waals surface area contributed by atoms with Gasteiger partial charge in [0.05, 0.1) is 0 Å². The van der Waals surface area contributed by atoms with Gasteiger partial charge in [-0.15, -0.1) is 0 Å². The third-order valence-corrected chi connectivity index (χ3v) is 3.59. The van der Waals surface area contributed by atoms with E-state index < -0.39 is 0 Å². The van der Waals surface area contributed by atoms with Crippen LogP contribution in [0.5, 0.6) is 0 Å². The molecule has 0 aromatic carbocycles. The zero-order chi connectivity index (χ0) is 12.3. The third-order valence-electron chi connectivity index (χ3n) is 3.59. The number of fused-ring (bicyclic) bond motifs is 1. The summed E-state index contributed by atoms with van der Waals surface area (Å²) in [6.07, 6.45) is 3.71. The van der Waals surface area contributed by atoms with Gasteiger partial charge >= 0.3 is 0 Å². The van der Waals surface area contributed by atoms with E-state index in [2.05, 4.69) is 0 Å². The van der Waals surface area contributed by atoms with Crippen molar-refractivity contribution in [1.29, 1.82) is 0 Å². The van der Waals surface area contributed by atoms with Crippen molar-refractivity contribution in [2.75, 3.05) is 33.4 Å². The molecule has 2 saturated heterocycles. The minimum Gasteiger partial charge on any atom is -0.375 e. The van der Waals surface area contributed by atoms with E-state index in [9.17, 15) is 9.59 Å². The van der Waals surface area contributed by atoms with E-state index in [-0.39, 0.29) is 24.5 Å². The van der Waals surface area contributed by atoms with Crippen LogP contribution in [0, 0.1) is 0 Å². The molecule has 0 bridgehead atoms. The summed E-state index contributed by atoms with van der Waals surface area (Å²) >= 11 is 0. The Bertz CT molecular complexity index is 306. The minimum atomic E-state index is -0.00674. The summed E-state index contributed by atoms with van der Waals surface area (Å²) in [7, 11) is 1.52. The lowest BCUT2D eigenvalue weighted by Crippen LogP contribution is -2.47. The predicted molar refractivity (Wildman–Crippen MR) is 62.4 cm³/mol. The van der Waals surface area contributed by atoms with Crippen molar-refractivity contribution in [3.05, 3.63) is 0 Å². The van der Waals surface area contributed by atoms with E-state index in [0.29, 0.717) is 19.5 Å². The van der Waals surface area contributed by atoms with Crippen LogP contribution in [0.15, 0.2) is 0 Å². The smallest absolute Gasteiger partial charge is 0.248 e. The molecule has 5 nitrogen and oxygen atoms in total. The molecule has 0 spiro atoms. The zero-order valence-corrected chi connectivity index (χ0v) is 10.4. The topological polar surface area (TPSA) is 49.9 Å². The minimum absolute atomic E-state index is 0.00674. The molecule has 0 N–H and O–H groups in total. The van der Waals surface area contributed by atoms with Gasteiger partial charge < -0.3 is 14.5 Å². The van der Waals surface area contributed by atoms with Crippen molar-refractivity contribution in [1.82, 2.24) is 9.80 Å². The summed E-state index contributed by atoms with van der Waals surface area (Å²) in [6, 6.07) is 0.222. The molecule has 2 rings (SSSR count). The van der Waals surface area contributed by atoms with E-state index in [1.165, 1.54) is 7.11 Å². The van der Waals surface area contributed by atoms with Crippen molar-refractivity contribution < 1.29 is 14.3 Å². The van der Waals surface area contributed by atoms with Crippen molar-refractivity contribution in [3.8, 4) is 0 Å². The quantitative estimate of drug-likeness (QED) is 0.695. The first-order valence-corrected chi connectivity index (χ1v) is 6.28. The van der Waals surface area contributed by atoms with E-state index in [1.807, 2.05) is 4.90 Å². The Morgan fingerprint density at radius 1 is 1.41 bits per heavy atom. The van der Waals surface area contributed by atoms with Crippen LogP contribution in [0.25, 0.3) is 0 Å². The third kappa shape index (κ3) is 2.77. The average molecular weight is 240 g/mol. The fourth-order valence-corrected chi connectivity index (χ4v) is 2.68. The monoisotopic (exact) mass is 240 g/mol. The Kier molecular flexibility index (Phi) is 3.99. The first-order valence-electron chi connectivity index (χ1n) is 6.28. The summed E-state index contributed by atoms with van der Waals surface area (Å²) in [4.78, 5) is 27.5. The first-order chi connectivity index (χ1) is 8.22. The van der Waals surface area contributed by atoms with Gasteiger partial charge in [0.1, 0.15) is 6.61 Å². The lowest BCUT2D eigenvalue weighted by atomic mass is 10.0. The van der Waals surface area contributed by atoms with E-state index >= 15 is 0 Å².